The molecule has 32 heavy (non-hydrogen) atoms. The Kier molecular flexibility index (Phi) is 5.92. The number of ether oxygens (including phenoxy) is 3. The van der Waals surface area contributed by atoms with Crippen molar-refractivity contribution in [1.29, 1.82) is 0 Å². The third kappa shape index (κ3) is 3.47. The molecule has 0 aromatic carbocycles. The SMILES string of the molecule is CC(=O)OC[C@]12[C@H](O)C[C@H](C)[C@](C)(C[C@H](O)c3ccoc3)[C@H]1CC[C@H](OC(C)=O)[C@]21CO1. The van der Waals surface area contributed by atoms with Crippen molar-refractivity contribution in [3.63, 3.8) is 0 Å². The van der Waals surface area contributed by atoms with Crippen LogP contribution in [-0.2, 0) is 23.8 Å². The predicted molar refractivity (Wildman–Crippen MR) is 112 cm³/mol. The summed E-state index contributed by atoms with van der Waals surface area (Å²) in [6, 6.07) is 1.76. The van der Waals surface area contributed by atoms with Crippen LogP contribution in [-0.4, -0.2) is 53.2 Å². The third-order valence-electron chi connectivity index (χ3n) is 8.58. The molecule has 0 radical (unpaired) electrons. The van der Waals surface area contributed by atoms with E-state index < -0.39 is 46.7 Å². The minimum atomic E-state index is -0.936. The van der Waals surface area contributed by atoms with Gasteiger partial charge in [0.25, 0.3) is 0 Å². The standard InChI is InChI=1S/C24H34O8/c1-14-9-20(28)23(12-30-15(2)25)19(5-6-21(32-16(3)26)24(23)13-31-24)22(14,4)10-18(27)17-7-8-29-11-17/h7-8,11,14,18-21,27-28H,5-6,9-10,12-13H2,1-4H3/t14-,18-,19+,20+,21-,22-,23+,24+/m0/s1. The zero-order valence-electron chi connectivity index (χ0n) is 19.2. The molecule has 3 aliphatic rings. The van der Waals surface area contributed by atoms with Crippen molar-refractivity contribution in [3.8, 4) is 0 Å². The first-order chi connectivity index (χ1) is 15.1. The first-order valence-electron chi connectivity index (χ1n) is 11.4. The first kappa shape index (κ1) is 23.3. The van der Waals surface area contributed by atoms with E-state index in [1.54, 1.807) is 12.3 Å². The van der Waals surface area contributed by atoms with Crippen LogP contribution in [0.5, 0.6) is 0 Å². The van der Waals surface area contributed by atoms with Gasteiger partial charge in [-0.2, -0.15) is 0 Å². The highest BCUT2D eigenvalue weighted by Crippen LogP contribution is 2.69. The molecule has 0 bridgehead atoms. The summed E-state index contributed by atoms with van der Waals surface area (Å²) in [6.07, 6.45) is 3.20. The molecule has 4 rings (SSSR count). The van der Waals surface area contributed by atoms with Gasteiger partial charge < -0.3 is 28.8 Å². The fourth-order valence-corrected chi connectivity index (χ4v) is 6.76. The molecule has 3 fully saturated rings. The van der Waals surface area contributed by atoms with E-state index in [1.807, 2.05) is 0 Å². The smallest absolute Gasteiger partial charge is 0.303 e. The zero-order chi connectivity index (χ0) is 23.3. The van der Waals surface area contributed by atoms with Crippen LogP contribution < -0.4 is 0 Å². The van der Waals surface area contributed by atoms with E-state index in [0.717, 1.165) is 0 Å². The number of epoxide rings is 1. The van der Waals surface area contributed by atoms with E-state index in [2.05, 4.69) is 13.8 Å². The van der Waals surface area contributed by atoms with Gasteiger partial charge in [-0.15, -0.1) is 0 Å². The third-order valence-corrected chi connectivity index (χ3v) is 8.58. The van der Waals surface area contributed by atoms with Gasteiger partial charge in [-0.3, -0.25) is 9.59 Å². The van der Waals surface area contributed by atoms with Crippen molar-refractivity contribution in [2.75, 3.05) is 13.2 Å². The normalized spacial score (nSPS) is 41.6. The Morgan fingerprint density at radius 1 is 1.28 bits per heavy atom. The fraction of sp³-hybridized carbons (Fsp3) is 0.750. The zero-order valence-corrected chi connectivity index (χ0v) is 19.2. The second-order valence-corrected chi connectivity index (χ2v) is 10.2. The largest absolute Gasteiger partial charge is 0.472 e. The maximum absolute atomic E-state index is 11.8. The lowest BCUT2D eigenvalue weighted by Crippen LogP contribution is -2.70. The highest BCUT2D eigenvalue weighted by Gasteiger charge is 2.78. The van der Waals surface area contributed by atoms with Crippen LogP contribution in [0, 0.1) is 22.7 Å². The molecule has 2 heterocycles. The summed E-state index contributed by atoms with van der Waals surface area (Å²) in [5.41, 5.74) is -1.52. The van der Waals surface area contributed by atoms with Gasteiger partial charge >= 0.3 is 11.9 Å². The van der Waals surface area contributed by atoms with Gasteiger partial charge in [-0.25, -0.2) is 0 Å². The summed E-state index contributed by atoms with van der Waals surface area (Å²) >= 11 is 0. The van der Waals surface area contributed by atoms with Gasteiger partial charge in [-0.05, 0) is 49.0 Å². The average Bonchev–Trinajstić information content (AvgIpc) is 3.30. The number of hydrogen-bond acceptors (Lipinski definition) is 8. The Hall–Kier alpha value is -1.90. The van der Waals surface area contributed by atoms with E-state index in [4.69, 9.17) is 18.6 Å². The van der Waals surface area contributed by atoms with Crippen molar-refractivity contribution in [2.24, 2.45) is 22.7 Å². The van der Waals surface area contributed by atoms with Gasteiger partial charge in [0.15, 0.2) is 0 Å². The number of carbonyl (C=O) groups excluding carboxylic acids is 2. The molecule has 0 unspecified atom stereocenters. The molecule has 1 aromatic heterocycles. The monoisotopic (exact) mass is 450 g/mol. The Balaban J connectivity index is 1.76. The second-order valence-electron chi connectivity index (χ2n) is 10.2. The number of aliphatic hydroxyl groups excluding tert-OH is 2. The minimum absolute atomic E-state index is 0.0178. The molecule has 1 saturated heterocycles. The topological polar surface area (TPSA) is 119 Å². The van der Waals surface area contributed by atoms with Crippen molar-refractivity contribution in [1.82, 2.24) is 0 Å². The Labute approximate surface area is 188 Å². The Bertz CT molecular complexity index is 846. The van der Waals surface area contributed by atoms with Crippen molar-refractivity contribution in [2.45, 2.75) is 77.3 Å². The Morgan fingerprint density at radius 2 is 2.00 bits per heavy atom. The van der Waals surface area contributed by atoms with Crippen LogP contribution in [0.3, 0.4) is 0 Å². The molecule has 1 aromatic rings. The van der Waals surface area contributed by atoms with Gasteiger partial charge in [0.2, 0.25) is 0 Å². The summed E-state index contributed by atoms with van der Waals surface area (Å²) in [7, 11) is 0. The second kappa shape index (κ2) is 8.15. The van der Waals surface area contributed by atoms with E-state index >= 15 is 0 Å². The average molecular weight is 451 g/mol. The van der Waals surface area contributed by atoms with Crippen LogP contribution in [0.2, 0.25) is 0 Å². The number of esters is 2. The number of rotatable bonds is 6. The molecule has 2 N–H and O–H groups in total. The lowest BCUT2D eigenvalue weighted by molar-refractivity contribution is -0.245. The molecule has 8 nitrogen and oxygen atoms in total. The lowest BCUT2D eigenvalue weighted by atomic mass is 9.42. The number of furan rings is 1. The van der Waals surface area contributed by atoms with Crippen LogP contribution >= 0.6 is 0 Å². The summed E-state index contributed by atoms with van der Waals surface area (Å²) in [5, 5.41) is 22.5. The molecule has 1 spiro atoms. The highest BCUT2D eigenvalue weighted by atomic mass is 16.6. The van der Waals surface area contributed by atoms with E-state index in [0.29, 0.717) is 37.9 Å². The van der Waals surface area contributed by atoms with E-state index in [-0.39, 0.29) is 18.4 Å². The summed E-state index contributed by atoms with van der Waals surface area (Å²) < 4.78 is 22.4. The lowest BCUT2D eigenvalue weighted by Gasteiger charge is -2.63. The van der Waals surface area contributed by atoms with Crippen molar-refractivity contribution in [3.05, 3.63) is 24.2 Å². The predicted octanol–water partition coefficient (Wildman–Crippen LogP) is 2.77. The molecule has 1 aliphatic heterocycles. The van der Waals surface area contributed by atoms with Crippen LogP contribution in [0.15, 0.2) is 23.0 Å². The summed E-state index contributed by atoms with van der Waals surface area (Å²) in [6.45, 7) is 7.26. The number of fused-ring (bicyclic) bond motifs is 2. The highest BCUT2D eigenvalue weighted by molar-refractivity contribution is 5.67. The molecular formula is C24H34O8. The summed E-state index contributed by atoms with van der Waals surface area (Å²) in [5.74, 6) is -0.864. The van der Waals surface area contributed by atoms with E-state index in [1.165, 1.54) is 20.1 Å². The molecule has 8 heteroatoms. The van der Waals surface area contributed by atoms with Crippen LogP contribution in [0.1, 0.15) is 65.0 Å². The maximum atomic E-state index is 11.8. The van der Waals surface area contributed by atoms with Gasteiger partial charge in [0, 0.05) is 19.4 Å². The molecule has 178 valence electrons. The fourth-order valence-electron chi connectivity index (χ4n) is 6.76. The number of hydrogen-bond donors (Lipinski definition) is 2. The molecule has 2 aliphatic carbocycles. The van der Waals surface area contributed by atoms with E-state index in [9.17, 15) is 19.8 Å². The number of aliphatic hydroxyl groups is 2. The Morgan fingerprint density at radius 3 is 2.56 bits per heavy atom. The van der Waals surface area contributed by atoms with Crippen molar-refractivity contribution < 1.29 is 38.4 Å². The van der Waals surface area contributed by atoms with Crippen molar-refractivity contribution >= 4 is 11.9 Å². The molecular weight excluding hydrogens is 416 g/mol. The van der Waals surface area contributed by atoms with Gasteiger partial charge in [0.1, 0.15) is 18.3 Å². The maximum Gasteiger partial charge on any atom is 0.303 e. The van der Waals surface area contributed by atoms with Crippen LogP contribution in [0.25, 0.3) is 0 Å². The first-order valence-corrected chi connectivity index (χ1v) is 11.4. The molecule has 0 amide bonds. The number of carbonyl (C=O) groups is 2. The summed E-state index contributed by atoms with van der Waals surface area (Å²) in [4.78, 5) is 23.7. The quantitative estimate of drug-likeness (QED) is 0.502. The molecule has 8 atom stereocenters. The van der Waals surface area contributed by atoms with Gasteiger partial charge in [-0.1, -0.05) is 13.8 Å². The molecule has 2 saturated carbocycles. The minimum Gasteiger partial charge on any atom is -0.472 e. The van der Waals surface area contributed by atoms with Gasteiger partial charge in [0.05, 0.1) is 36.8 Å². The van der Waals surface area contributed by atoms with Crippen LogP contribution in [0.4, 0.5) is 0 Å².